The normalized spacial score (nSPS) is 15.0. The minimum absolute atomic E-state index is 0.280. The second kappa shape index (κ2) is 7.38. The predicted molar refractivity (Wildman–Crippen MR) is 104 cm³/mol. The molecule has 146 valence electrons. The molecule has 0 spiro atoms. The Kier molecular flexibility index (Phi) is 4.77. The Morgan fingerprint density at radius 1 is 1.18 bits per heavy atom. The summed E-state index contributed by atoms with van der Waals surface area (Å²) in [7, 11) is 3.25. The summed E-state index contributed by atoms with van der Waals surface area (Å²) in [4.78, 5) is 17.9. The van der Waals surface area contributed by atoms with E-state index in [4.69, 9.17) is 9.47 Å². The molecule has 2 aromatic heterocycles. The molecule has 8 heteroatoms. The zero-order chi connectivity index (χ0) is 19.7. The number of aromatic nitrogens is 3. The molecule has 0 atom stereocenters. The molecule has 3 heterocycles. The maximum Gasteiger partial charge on any atom is 0.306 e. The number of carboxylic acids is 1. The lowest BCUT2D eigenvalue weighted by molar-refractivity contribution is -0.142. The van der Waals surface area contributed by atoms with Gasteiger partial charge in [0.15, 0.2) is 5.82 Å². The van der Waals surface area contributed by atoms with Crippen molar-refractivity contribution in [2.75, 3.05) is 32.2 Å². The van der Waals surface area contributed by atoms with E-state index in [0.717, 1.165) is 28.3 Å². The number of hydrogen-bond donors (Lipinski definition) is 1. The van der Waals surface area contributed by atoms with Gasteiger partial charge in [-0.15, -0.1) is 0 Å². The molecule has 3 aromatic rings. The molecule has 8 nitrogen and oxygen atoms in total. The van der Waals surface area contributed by atoms with Gasteiger partial charge in [-0.25, -0.2) is 9.50 Å². The van der Waals surface area contributed by atoms with E-state index in [2.05, 4.69) is 15.0 Å². The van der Waals surface area contributed by atoms with Crippen molar-refractivity contribution in [1.82, 2.24) is 14.6 Å². The van der Waals surface area contributed by atoms with Crippen molar-refractivity contribution in [3.05, 3.63) is 36.7 Å². The molecule has 0 aliphatic carbocycles. The SMILES string of the molecule is COc1ccc(OC)c(-c2cc3c(N4CCC(C(=O)O)CC4)nccn3n2)c1. The number of hydrogen-bond acceptors (Lipinski definition) is 6. The van der Waals surface area contributed by atoms with Crippen molar-refractivity contribution in [2.24, 2.45) is 5.92 Å². The van der Waals surface area contributed by atoms with Gasteiger partial charge in [0, 0.05) is 31.0 Å². The van der Waals surface area contributed by atoms with Crippen LogP contribution in [-0.2, 0) is 4.79 Å². The van der Waals surface area contributed by atoms with Gasteiger partial charge in [0.2, 0.25) is 0 Å². The number of aliphatic carboxylic acids is 1. The minimum Gasteiger partial charge on any atom is -0.497 e. The number of piperidine rings is 1. The number of rotatable bonds is 5. The van der Waals surface area contributed by atoms with E-state index >= 15 is 0 Å². The third-order valence-electron chi connectivity index (χ3n) is 5.20. The van der Waals surface area contributed by atoms with Crippen molar-refractivity contribution in [3.63, 3.8) is 0 Å². The van der Waals surface area contributed by atoms with Crippen molar-refractivity contribution >= 4 is 17.3 Å². The fourth-order valence-corrected chi connectivity index (χ4v) is 3.64. The Hall–Kier alpha value is -3.29. The summed E-state index contributed by atoms with van der Waals surface area (Å²) in [5, 5.41) is 13.9. The van der Waals surface area contributed by atoms with E-state index in [0.29, 0.717) is 31.7 Å². The quantitative estimate of drug-likeness (QED) is 0.726. The summed E-state index contributed by atoms with van der Waals surface area (Å²) >= 11 is 0. The Balaban J connectivity index is 1.71. The van der Waals surface area contributed by atoms with Crippen LogP contribution < -0.4 is 14.4 Å². The number of fused-ring (bicyclic) bond motifs is 1. The molecule has 0 amide bonds. The number of anilines is 1. The van der Waals surface area contributed by atoms with Crippen LogP contribution in [0.2, 0.25) is 0 Å². The molecule has 0 bridgehead atoms. The van der Waals surface area contributed by atoms with Crippen LogP contribution in [0.4, 0.5) is 5.82 Å². The highest BCUT2D eigenvalue weighted by atomic mass is 16.5. The Bertz CT molecular complexity index is 1010. The van der Waals surface area contributed by atoms with E-state index in [1.807, 2.05) is 24.3 Å². The van der Waals surface area contributed by atoms with Crippen molar-refractivity contribution in [3.8, 4) is 22.8 Å². The number of benzene rings is 1. The van der Waals surface area contributed by atoms with Gasteiger partial charge in [-0.3, -0.25) is 4.79 Å². The van der Waals surface area contributed by atoms with Gasteiger partial charge in [0.05, 0.1) is 25.8 Å². The van der Waals surface area contributed by atoms with Gasteiger partial charge < -0.3 is 19.5 Å². The Morgan fingerprint density at radius 2 is 1.96 bits per heavy atom. The topological polar surface area (TPSA) is 89.2 Å². The second-order valence-electron chi connectivity index (χ2n) is 6.78. The average Bonchev–Trinajstić information content (AvgIpc) is 3.17. The molecule has 1 aromatic carbocycles. The molecule has 1 aliphatic heterocycles. The molecule has 28 heavy (non-hydrogen) atoms. The number of carbonyl (C=O) groups is 1. The van der Waals surface area contributed by atoms with Crippen LogP contribution in [-0.4, -0.2) is 53.0 Å². The van der Waals surface area contributed by atoms with Gasteiger partial charge in [-0.05, 0) is 37.1 Å². The molecule has 4 rings (SSSR count). The summed E-state index contributed by atoms with van der Waals surface area (Å²) in [6, 6.07) is 7.57. The van der Waals surface area contributed by atoms with Crippen LogP contribution in [0.15, 0.2) is 36.7 Å². The average molecular weight is 382 g/mol. The lowest BCUT2D eigenvalue weighted by atomic mass is 9.97. The maximum absolute atomic E-state index is 11.2. The third kappa shape index (κ3) is 3.21. The first-order chi connectivity index (χ1) is 13.6. The van der Waals surface area contributed by atoms with E-state index in [1.165, 1.54) is 0 Å². The van der Waals surface area contributed by atoms with E-state index in [9.17, 15) is 9.90 Å². The van der Waals surface area contributed by atoms with Crippen LogP contribution in [0.1, 0.15) is 12.8 Å². The first-order valence-electron chi connectivity index (χ1n) is 9.15. The molecule has 1 saturated heterocycles. The maximum atomic E-state index is 11.2. The third-order valence-corrected chi connectivity index (χ3v) is 5.20. The zero-order valence-corrected chi connectivity index (χ0v) is 15.8. The molecular formula is C20H22N4O4. The van der Waals surface area contributed by atoms with Crippen molar-refractivity contribution < 1.29 is 19.4 Å². The van der Waals surface area contributed by atoms with Gasteiger partial charge >= 0.3 is 5.97 Å². The van der Waals surface area contributed by atoms with Crippen LogP contribution in [0.3, 0.4) is 0 Å². The minimum atomic E-state index is -0.720. The summed E-state index contributed by atoms with van der Waals surface area (Å²) in [6.07, 6.45) is 4.75. The Labute approximate surface area is 162 Å². The summed E-state index contributed by atoms with van der Waals surface area (Å²) in [5.41, 5.74) is 2.46. The lowest BCUT2D eigenvalue weighted by Gasteiger charge is -2.31. The molecule has 1 aliphatic rings. The molecule has 0 unspecified atom stereocenters. The fraction of sp³-hybridized carbons (Fsp3) is 0.350. The van der Waals surface area contributed by atoms with Crippen molar-refractivity contribution in [2.45, 2.75) is 12.8 Å². The number of nitrogens with zero attached hydrogens (tertiary/aromatic N) is 4. The van der Waals surface area contributed by atoms with Gasteiger partial charge in [0.1, 0.15) is 17.0 Å². The molecule has 1 N–H and O–H groups in total. The van der Waals surface area contributed by atoms with Crippen LogP contribution >= 0.6 is 0 Å². The monoisotopic (exact) mass is 382 g/mol. The standard InChI is InChI=1S/C20H22N4O4/c1-27-14-3-4-18(28-2)15(11-14)16-12-17-19(21-7-10-24(17)22-16)23-8-5-13(6-9-23)20(25)26/h3-4,7,10-13H,5-6,8-9H2,1-2H3,(H,25,26). The zero-order valence-electron chi connectivity index (χ0n) is 15.8. The largest absolute Gasteiger partial charge is 0.497 e. The second-order valence-corrected chi connectivity index (χ2v) is 6.78. The first-order valence-corrected chi connectivity index (χ1v) is 9.15. The highest BCUT2D eigenvalue weighted by molar-refractivity contribution is 5.78. The highest BCUT2D eigenvalue weighted by Crippen LogP contribution is 2.34. The highest BCUT2D eigenvalue weighted by Gasteiger charge is 2.26. The molecule has 0 saturated carbocycles. The summed E-state index contributed by atoms with van der Waals surface area (Å²) in [5.74, 6) is 1.25. The van der Waals surface area contributed by atoms with Crippen LogP contribution in [0.25, 0.3) is 16.8 Å². The first kappa shape index (κ1) is 18.1. The van der Waals surface area contributed by atoms with Gasteiger partial charge in [0.25, 0.3) is 0 Å². The fourth-order valence-electron chi connectivity index (χ4n) is 3.64. The van der Waals surface area contributed by atoms with E-state index in [1.54, 1.807) is 31.1 Å². The lowest BCUT2D eigenvalue weighted by Crippen LogP contribution is -2.37. The van der Waals surface area contributed by atoms with E-state index in [-0.39, 0.29) is 5.92 Å². The number of methoxy groups -OCH3 is 2. The predicted octanol–water partition coefficient (Wildman–Crippen LogP) is 2.71. The number of ether oxygens (including phenoxy) is 2. The molecule has 0 radical (unpaired) electrons. The van der Waals surface area contributed by atoms with Crippen LogP contribution in [0, 0.1) is 5.92 Å². The van der Waals surface area contributed by atoms with Crippen molar-refractivity contribution in [1.29, 1.82) is 0 Å². The van der Waals surface area contributed by atoms with E-state index < -0.39 is 5.97 Å². The van der Waals surface area contributed by atoms with Crippen LogP contribution in [0.5, 0.6) is 11.5 Å². The molecular weight excluding hydrogens is 360 g/mol. The summed E-state index contributed by atoms with van der Waals surface area (Å²) in [6.45, 7) is 1.32. The Morgan fingerprint density at radius 3 is 2.64 bits per heavy atom. The molecule has 1 fully saturated rings. The summed E-state index contributed by atoms with van der Waals surface area (Å²) < 4.78 is 12.6. The smallest absolute Gasteiger partial charge is 0.306 e. The number of carboxylic acid groups (broad SMARTS) is 1. The van der Waals surface area contributed by atoms with Gasteiger partial charge in [-0.1, -0.05) is 0 Å². The van der Waals surface area contributed by atoms with Gasteiger partial charge in [-0.2, -0.15) is 5.10 Å².